The normalized spacial score (nSPS) is 54.8. The molecule has 0 aromatic rings. The Labute approximate surface area is 393 Å². The zero-order valence-electron chi connectivity index (χ0n) is 41.4. The summed E-state index contributed by atoms with van der Waals surface area (Å²) in [5, 5.41) is 0. The van der Waals surface area contributed by atoms with Crippen LogP contribution in [0, 0.1) is 118 Å². The van der Waals surface area contributed by atoms with Crippen molar-refractivity contribution in [2.45, 2.75) is 267 Å². The van der Waals surface area contributed by atoms with E-state index in [-0.39, 0.29) is 0 Å². The summed E-state index contributed by atoms with van der Waals surface area (Å²) in [4.78, 5) is 7.44. The highest BCUT2D eigenvalue weighted by Crippen LogP contribution is 2.78. The fourth-order valence-corrected chi connectivity index (χ4v) is 26.4. The molecule has 0 aromatic carbocycles. The van der Waals surface area contributed by atoms with Crippen molar-refractivity contribution >= 4 is 0 Å². The SMILES string of the molecule is C1CCC(N(C2CCCCC2)C2C3C4CCC5C6CCCCC6C6CCC(C4C56)C3C(N(C3CCCCC3)C3CCCCC3)C3C4CCC5C6CCCCC6C6CCC(C4C65)C32)CC1. The molecule has 0 radical (unpaired) electrons. The highest BCUT2D eigenvalue weighted by atomic mass is 15.3. The first-order valence-electron chi connectivity index (χ1n) is 31.4. The number of hydrogen-bond acceptors (Lipinski definition) is 2. The molecule has 15 aliphatic carbocycles. The Kier molecular flexibility index (Phi) is 10.9. The van der Waals surface area contributed by atoms with Gasteiger partial charge in [0.1, 0.15) is 0 Å². The second-order valence-electron chi connectivity index (χ2n) is 28.5. The molecule has 0 heterocycles. The van der Waals surface area contributed by atoms with Gasteiger partial charge in [-0.15, -0.1) is 0 Å². The van der Waals surface area contributed by atoms with E-state index in [2.05, 4.69) is 9.80 Å². The molecule has 2 heteroatoms. The van der Waals surface area contributed by atoms with E-state index in [4.69, 9.17) is 0 Å². The summed E-state index contributed by atoms with van der Waals surface area (Å²) in [6.45, 7) is 0. The molecule has 0 amide bonds. The van der Waals surface area contributed by atoms with Crippen LogP contribution >= 0.6 is 0 Å². The summed E-state index contributed by atoms with van der Waals surface area (Å²) >= 11 is 0. The average Bonchev–Trinajstić information content (AvgIpc) is 4.09. The van der Waals surface area contributed by atoms with Gasteiger partial charge in [0.05, 0.1) is 0 Å². The van der Waals surface area contributed by atoms with Crippen LogP contribution in [0.4, 0.5) is 0 Å². The smallest absolute Gasteiger partial charge is 0.0170 e. The van der Waals surface area contributed by atoms with Gasteiger partial charge in [0.15, 0.2) is 0 Å². The van der Waals surface area contributed by atoms with Crippen LogP contribution in [-0.2, 0) is 0 Å². The fraction of sp³-hybridized carbons (Fsp3) is 1.00. The molecular formula is C62H98N2. The molecule has 356 valence electrons. The summed E-state index contributed by atoms with van der Waals surface area (Å²) in [7, 11) is 0. The maximum Gasteiger partial charge on any atom is 0.0170 e. The standard InChI is InChI=1S/C62H98N2/c1-5-17-37(18-6-1)63(38-19-7-2-8-20-38)61-57-49-33-29-45-41-25-13-15-27-43(41)47-31-35-51(55(49)53(45)47)59(57)62(64(39-21-9-3-10-22-39)40-23-11-4-12-24-40)60-52-36-32-48-44-28-16-14-26-42(44)46-30-34-50(58(60)61)56(52)54(46)48/h37-62H,1-36H2. The van der Waals surface area contributed by atoms with Crippen LogP contribution in [0.2, 0.25) is 0 Å². The van der Waals surface area contributed by atoms with Crippen LogP contribution in [0.15, 0.2) is 0 Å². The van der Waals surface area contributed by atoms with E-state index in [0.717, 1.165) is 155 Å². The number of hydrogen-bond donors (Lipinski definition) is 0. The predicted octanol–water partition coefficient (Wildman–Crippen LogP) is 15.4. The van der Waals surface area contributed by atoms with E-state index in [0.29, 0.717) is 0 Å². The second kappa shape index (κ2) is 16.8. The molecule has 16 unspecified atom stereocenters. The minimum absolute atomic E-state index is 0.926. The molecule has 16 atom stereocenters. The van der Waals surface area contributed by atoms with Crippen molar-refractivity contribution in [3.63, 3.8) is 0 Å². The Morgan fingerprint density at radius 2 is 0.359 bits per heavy atom. The van der Waals surface area contributed by atoms with Gasteiger partial charge in [0.2, 0.25) is 0 Å². The van der Waals surface area contributed by atoms with Crippen molar-refractivity contribution in [3.05, 3.63) is 0 Å². The summed E-state index contributed by atoms with van der Waals surface area (Å²) in [5.74, 6) is 22.2. The van der Waals surface area contributed by atoms with E-state index in [1.54, 1.807) is 205 Å². The first-order chi connectivity index (χ1) is 31.8. The third-order valence-corrected chi connectivity index (χ3v) is 27.2. The van der Waals surface area contributed by atoms with E-state index < -0.39 is 0 Å². The van der Waals surface area contributed by atoms with Gasteiger partial charge in [0.25, 0.3) is 0 Å². The summed E-state index contributed by atoms with van der Waals surface area (Å²) in [6.07, 6.45) is 57.4. The maximum atomic E-state index is 3.72. The Bertz CT molecular complexity index is 1410. The van der Waals surface area contributed by atoms with Crippen molar-refractivity contribution < 1.29 is 0 Å². The van der Waals surface area contributed by atoms with Crippen molar-refractivity contribution in [1.29, 1.82) is 0 Å². The van der Waals surface area contributed by atoms with Crippen molar-refractivity contribution in [2.75, 3.05) is 0 Å². The van der Waals surface area contributed by atoms with Gasteiger partial charge in [-0.05, 0) is 247 Å². The van der Waals surface area contributed by atoms with E-state index in [1.807, 2.05) is 0 Å². The summed E-state index contributed by atoms with van der Waals surface area (Å²) in [6, 6.07) is 5.62. The monoisotopic (exact) mass is 871 g/mol. The van der Waals surface area contributed by atoms with Gasteiger partial charge in [-0.25, -0.2) is 0 Å². The van der Waals surface area contributed by atoms with Gasteiger partial charge in [-0.2, -0.15) is 0 Å². The lowest BCUT2D eigenvalue weighted by Gasteiger charge is -2.63. The number of fused-ring (bicyclic) bond motifs is 12. The highest BCUT2D eigenvalue weighted by molar-refractivity contribution is 5.25. The molecule has 2 nitrogen and oxygen atoms in total. The quantitative estimate of drug-likeness (QED) is 0.262. The van der Waals surface area contributed by atoms with Gasteiger partial charge < -0.3 is 0 Å². The largest absolute Gasteiger partial charge is 0.294 e. The second-order valence-corrected chi connectivity index (χ2v) is 28.5. The van der Waals surface area contributed by atoms with Gasteiger partial charge in [0, 0.05) is 36.3 Å². The zero-order valence-corrected chi connectivity index (χ0v) is 41.4. The molecule has 0 saturated heterocycles. The first kappa shape index (κ1) is 41.7. The molecule has 0 aromatic heterocycles. The fourth-order valence-electron chi connectivity index (χ4n) is 26.4. The zero-order chi connectivity index (χ0) is 41.6. The van der Waals surface area contributed by atoms with Crippen LogP contribution in [0.5, 0.6) is 0 Å². The minimum atomic E-state index is 0.926. The molecule has 15 fully saturated rings. The van der Waals surface area contributed by atoms with Crippen molar-refractivity contribution in [2.24, 2.45) is 118 Å². The molecule has 15 aliphatic rings. The lowest BCUT2D eigenvalue weighted by Crippen LogP contribution is -2.68. The Morgan fingerprint density at radius 3 is 0.609 bits per heavy atom. The molecule has 0 spiro atoms. The number of rotatable bonds is 6. The van der Waals surface area contributed by atoms with Crippen molar-refractivity contribution in [1.82, 2.24) is 9.80 Å². The number of nitrogens with zero attached hydrogens (tertiary/aromatic N) is 2. The minimum Gasteiger partial charge on any atom is -0.294 e. The highest BCUT2D eigenvalue weighted by Gasteiger charge is 2.76. The van der Waals surface area contributed by atoms with Crippen LogP contribution in [-0.4, -0.2) is 46.1 Å². The average molecular weight is 871 g/mol. The predicted molar refractivity (Wildman–Crippen MR) is 262 cm³/mol. The Morgan fingerprint density at radius 1 is 0.156 bits per heavy atom. The summed E-state index contributed by atoms with van der Waals surface area (Å²) < 4.78 is 0. The van der Waals surface area contributed by atoms with Crippen LogP contribution < -0.4 is 0 Å². The molecule has 64 heavy (non-hydrogen) atoms. The third kappa shape index (κ3) is 6.11. The van der Waals surface area contributed by atoms with Gasteiger partial charge in [-0.3, -0.25) is 9.80 Å². The first-order valence-corrected chi connectivity index (χ1v) is 31.4. The lowest BCUT2D eigenvalue weighted by atomic mass is 9.55. The van der Waals surface area contributed by atoms with Crippen LogP contribution in [0.1, 0.15) is 231 Å². The van der Waals surface area contributed by atoms with Crippen LogP contribution in [0.25, 0.3) is 0 Å². The van der Waals surface area contributed by atoms with E-state index in [9.17, 15) is 0 Å². The Balaban J connectivity index is 0.930. The molecule has 15 rings (SSSR count). The topological polar surface area (TPSA) is 6.48 Å². The summed E-state index contributed by atoms with van der Waals surface area (Å²) in [5.41, 5.74) is 0. The third-order valence-electron chi connectivity index (χ3n) is 27.2. The van der Waals surface area contributed by atoms with Gasteiger partial charge in [-0.1, -0.05) is 103 Å². The van der Waals surface area contributed by atoms with E-state index in [1.165, 1.54) is 25.7 Å². The lowest BCUT2D eigenvalue weighted by molar-refractivity contribution is -0.141. The van der Waals surface area contributed by atoms with Gasteiger partial charge >= 0.3 is 0 Å². The Hall–Kier alpha value is -0.0800. The van der Waals surface area contributed by atoms with Crippen molar-refractivity contribution in [3.8, 4) is 0 Å². The molecule has 0 N–H and O–H groups in total. The van der Waals surface area contributed by atoms with Crippen LogP contribution in [0.3, 0.4) is 0 Å². The molecule has 0 bridgehead atoms. The molecule has 15 saturated carbocycles. The maximum absolute atomic E-state index is 3.72. The molecular weight excluding hydrogens is 773 g/mol. The molecule has 0 aliphatic heterocycles. The van der Waals surface area contributed by atoms with E-state index >= 15 is 0 Å².